The molecule has 0 aliphatic heterocycles. The molecule has 0 aromatic carbocycles. The number of nitrogens with one attached hydrogen (secondary N) is 1. The number of fused-ring (bicyclic) bond motifs is 1. The first-order valence-electron chi connectivity index (χ1n) is 6.23. The van der Waals surface area contributed by atoms with E-state index in [1.54, 1.807) is 13.1 Å². The maximum atomic E-state index is 10.5. The van der Waals surface area contributed by atoms with E-state index in [1.807, 2.05) is 29.6 Å². The summed E-state index contributed by atoms with van der Waals surface area (Å²) >= 11 is 1.53. The number of aromatic nitrogens is 3. The largest absolute Gasteiger partial charge is 0.383 e. The van der Waals surface area contributed by atoms with E-state index in [9.17, 15) is 5.11 Å². The standard InChI is InChI=1S/C14H14N4OS/c1-14(19,11-5-3-7-20-11)8-16-13-10-4-2-6-15-12(10)17-9-18-13/h2-7,9,19H,8H2,1H3,(H,15,16,17,18). The van der Waals surface area contributed by atoms with Crippen LogP contribution >= 0.6 is 11.3 Å². The average Bonchev–Trinajstić information content (AvgIpc) is 3.00. The fourth-order valence-corrected chi connectivity index (χ4v) is 2.75. The summed E-state index contributed by atoms with van der Waals surface area (Å²) in [6.07, 6.45) is 3.17. The number of anilines is 1. The monoisotopic (exact) mass is 286 g/mol. The molecular weight excluding hydrogens is 272 g/mol. The van der Waals surface area contributed by atoms with E-state index in [2.05, 4.69) is 20.3 Å². The van der Waals surface area contributed by atoms with Crippen molar-refractivity contribution in [2.75, 3.05) is 11.9 Å². The molecule has 3 rings (SSSR count). The molecule has 20 heavy (non-hydrogen) atoms. The van der Waals surface area contributed by atoms with Crippen molar-refractivity contribution in [3.8, 4) is 0 Å². The predicted molar refractivity (Wildman–Crippen MR) is 79.7 cm³/mol. The Kier molecular flexibility index (Phi) is 3.33. The molecule has 2 N–H and O–H groups in total. The summed E-state index contributed by atoms with van der Waals surface area (Å²) < 4.78 is 0. The third-order valence-electron chi connectivity index (χ3n) is 3.06. The second-order valence-corrected chi connectivity index (χ2v) is 5.65. The zero-order chi connectivity index (χ0) is 14.0. The van der Waals surface area contributed by atoms with Gasteiger partial charge in [-0.1, -0.05) is 6.07 Å². The molecule has 3 aromatic heterocycles. The normalized spacial score (nSPS) is 14.1. The number of nitrogens with zero attached hydrogens (tertiary/aromatic N) is 3. The van der Waals surface area contributed by atoms with Gasteiger partial charge in [0.2, 0.25) is 0 Å². The second kappa shape index (κ2) is 5.15. The number of aliphatic hydroxyl groups is 1. The summed E-state index contributed by atoms with van der Waals surface area (Å²) in [5.74, 6) is 0.680. The Morgan fingerprint density at radius 1 is 1.25 bits per heavy atom. The van der Waals surface area contributed by atoms with E-state index >= 15 is 0 Å². The first-order valence-corrected chi connectivity index (χ1v) is 7.11. The fourth-order valence-electron chi connectivity index (χ4n) is 1.96. The molecule has 102 valence electrons. The third kappa shape index (κ3) is 2.48. The van der Waals surface area contributed by atoms with Gasteiger partial charge in [-0.05, 0) is 30.5 Å². The van der Waals surface area contributed by atoms with E-state index in [0.29, 0.717) is 18.0 Å². The molecule has 0 bridgehead atoms. The van der Waals surface area contributed by atoms with Crippen LogP contribution in [-0.2, 0) is 5.60 Å². The lowest BCUT2D eigenvalue weighted by molar-refractivity contribution is 0.0754. The molecule has 0 radical (unpaired) electrons. The van der Waals surface area contributed by atoms with Gasteiger partial charge < -0.3 is 10.4 Å². The van der Waals surface area contributed by atoms with Crippen LogP contribution in [0.25, 0.3) is 11.0 Å². The van der Waals surface area contributed by atoms with Crippen LogP contribution in [0.1, 0.15) is 11.8 Å². The van der Waals surface area contributed by atoms with Gasteiger partial charge in [0.1, 0.15) is 17.7 Å². The van der Waals surface area contributed by atoms with Crippen LogP contribution in [0.3, 0.4) is 0 Å². The van der Waals surface area contributed by atoms with Crippen molar-refractivity contribution in [2.45, 2.75) is 12.5 Å². The number of pyridine rings is 1. The Bertz CT molecular complexity index is 707. The van der Waals surface area contributed by atoms with Crippen LogP contribution in [-0.4, -0.2) is 26.6 Å². The zero-order valence-corrected chi connectivity index (χ0v) is 11.8. The molecular formula is C14H14N4OS. The molecule has 5 nitrogen and oxygen atoms in total. The minimum Gasteiger partial charge on any atom is -0.383 e. The Morgan fingerprint density at radius 2 is 2.15 bits per heavy atom. The SMILES string of the molecule is CC(O)(CNc1ncnc2ncccc12)c1cccs1. The highest BCUT2D eigenvalue weighted by atomic mass is 32.1. The topological polar surface area (TPSA) is 70.9 Å². The van der Waals surface area contributed by atoms with Crippen molar-refractivity contribution in [3.63, 3.8) is 0 Å². The van der Waals surface area contributed by atoms with Crippen molar-refractivity contribution in [1.29, 1.82) is 0 Å². The van der Waals surface area contributed by atoms with Crippen LogP contribution < -0.4 is 5.32 Å². The van der Waals surface area contributed by atoms with Crippen LogP contribution in [0, 0.1) is 0 Å². The van der Waals surface area contributed by atoms with Gasteiger partial charge in [0.15, 0.2) is 5.65 Å². The van der Waals surface area contributed by atoms with Gasteiger partial charge >= 0.3 is 0 Å². The molecule has 3 heterocycles. The molecule has 0 fully saturated rings. The van der Waals surface area contributed by atoms with Gasteiger partial charge in [-0.3, -0.25) is 0 Å². The van der Waals surface area contributed by atoms with E-state index in [1.165, 1.54) is 17.7 Å². The number of thiophene rings is 1. The van der Waals surface area contributed by atoms with Crippen LogP contribution in [0.2, 0.25) is 0 Å². The first kappa shape index (κ1) is 13.0. The van der Waals surface area contributed by atoms with Crippen molar-refractivity contribution < 1.29 is 5.11 Å². The van der Waals surface area contributed by atoms with E-state index in [-0.39, 0.29) is 0 Å². The zero-order valence-electron chi connectivity index (χ0n) is 10.9. The lowest BCUT2D eigenvalue weighted by Gasteiger charge is -2.22. The molecule has 0 aliphatic rings. The highest BCUT2D eigenvalue weighted by Gasteiger charge is 2.24. The molecule has 1 atom stereocenters. The lowest BCUT2D eigenvalue weighted by Crippen LogP contribution is -2.30. The van der Waals surface area contributed by atoms with Gasteiger partial charge in [0.05, 0.1) is 5.39 Å². The van der Waals surface area contributed by atoms with E-state index in [0.717, 1.165) is 10.3 Å². The summed E-state index contributed by atoms with van der Waals surface area (Å²) in [4.78, 5) is 13.4. The Hall–Kier alpha value is -2.05. The highest BCUT2D eigenvalue weighted by Crippen LogP contribution is 2.26. The number of rotatable bonds is 4. The van der Waals surface area contributed by atoms with Crippen LogP contribution in [0.5, 0.6) is 0 Å². The fraction of sp³-hybridized carbons (Fsp3) is 0.214. The summed E-state index contributed by atoms with van der Waals surface area (Å²) in [5.41, 5.74) is -0.297. The molecule has 0 saturated carbocycles. The smallest absolute Gasteiger partial charge is 0.164 e. The molecule has 0 amide bonds. The Balaban J connectivity index is 1.84. The Morgan fingerprint density at radius 3 is 2.95 bits per heavy atom. The maximum absolute atomic E-state index is 10.5. The average molecular weight is 286 g/mol. The van der Waals surface area contributed by atoms with Gasteiger partial charge in [0.25, 0.3) is 0 Å². The summed E-state index contributed by atoms with van der Waals surface area (Å²) in [6, 6.07) is 7.60. The number of hydrogen-bond acceptors (Lipinski definition) is 6. The van der Waals surface area contributed by atoms with Gasteiger partial charge in [-0.25, -0.2) is 15.0 Å². The van der Waals surface area contributed by atoms with Gasteiger partial charge in [0, 0.05) is 17.6 Å². The molecule has 0 spiro atoms. The summed E-state index contributed by atoms with van der Waals surface area (Å²) in [7, 11) is 0. The molecule has 0 aliphatic carbocycles. The van der Waals surface area contributed by atoms with Crippen LogP contribution in [0.4, 0.5) is 5.82 Å². The highest BCUT2D eigenvalue weighted by molar-refractivity contribution is 7.10. The second-order valence-electron chi connectivity index (χ2n) is 4.70. The third-order valence-corrected chi connectivity index (χ3v) is 4.18. The van der Waals surface area contributed by atoms with Crippen molar-refractivity contribution in [2.24, 2.45) is 0 Å². The van der Waals surface area contributed by atoms with Crippen LogP contribution in [0.15, 0.2) is 42.2 Å². The minimum atomic E-state index is -0.937. The molecule has 3 aromatic rings. The minimum absolute atomic E-state index is 0.370. The first-order chi connectivity index (χ1) is 9.67. The molecule has 1 unspecified atom stereocenters. The lowest BCUT2D eigenvalue weighted by atomic mass is 10.1. The number of hydrogen-bond donors (Lipinski definition) is 2. The maximum Gasteiger partial charge on any atom is 0.164 e. The summed E-state index contributed by atoms with van der Waals surface area (Å²) in [5, 5.41) is 16.5. The van der Waals surface area contributed by atoms with Crippen molar-refractivity contribution >= 4 is 28.2 Å². The molecule has 0 saturated heterocycles. The molecule has 6 heteroatoms. The summed E-state index contributed by atoms with van der Waals surface area (Å²) in [6.45, 7) is 2.15. The van der Waals surface area contributed by atoms with Gasteiger partial charge in [-0.15, -0.1) is 11.3 Å². The van der Waals surface area contributed by atoms with Gasteiger partial charge in [-0.2, -0.15) is 0 Å². The quantitative estimate of drug-likeness (QED) is 0.770. The van der Waals surface area contributed by atoms with E-state index < -0.39 is 5.60 Å². The van der Waals surface area contributed by atoms with Crippen molar-refractivity contribution in [1.82, 2.24) is 15.0 Å². The Labute approximate surface area is 120 Å². The van der Waals surface area contributed by atoms with Crippen molar-refractivity contribution in [3.05, 3.63) is 47.0 Å². The van der Waals surface area contributed by atoms with E-state index in [4.69, 9.17) is 0 Å². The predicted octanol–water partition coefficient (Wildman–Crippen LogP) is 2.41.